The molecule has 146 valence electrons. The molecule has 0 fully saturated rings. The molecule has 27 heavy (non-hydrogen) atoms. The van der Waals surface area contributed by atoms with Crippen molar-refractivity contribution in [2.75, 3.05) is 17.2 Å². The average Bonchev–Trinajstić information content (AvgIpc) is 2.61. The normalized spacial score (nSPS) is 12.3. The van der Waals surface area contributed by atoms with E-state index < -0.39 is 27.8 Å². The number of benzene rings is 2. The van der Waals surface area contributed by atoms with Crippen LogP contribution >= 0.6 is 0 Å². The summed E-state index contributed by atoms with van der Waals surface area (Å²) in [5.74, 6) is -0.258. The number of nitrogens with zero attached hydrogens (tertiary/aromatic N) is 1. The molecule has 0 aliphatic carbocycles. The molecule has 0 aromatic heterocycles. The van der Waals surface area contributed by atoms with E-state index in [9.17, 15) is 17.6 Å². The number of halogens is 1. The average molecular weight is 394 g/mol. The maximum atomic E-state index is 13.1. The molecule has 1 N–H and O–H groups in total. The highest BCUT2D eigenvalue weighted by Gasteiger charge is 2.28. The maximum Gasteiger partial charge on any atom is 0.243 e. The van der Waals surface area contributed by atoms with Crippen LogP contribution in [-0.2, 0) is 21.4 Å². The van der Waals surface area contributed by atoms with Gasteiger partial charge in [0.1, 0.15) is 17.6 Å². The fourth-order valence-electron chi connectivity index (χ4n) is 2.65. The van der Waals surface area contributed by atoms with Crippen molar-refractivity contribution in [3.05, 3.63) is 59.9 Å². The van der Waals surface area contributed by atoms with Gasteiger partial charge in [-0.25, -0.2) is 12.8 Å². The molecule has 0 saturated heterocycles. The highest BCUT2D eigenvalue weighted by Crippen LogP contribution is 2.21. The van der Waals surface area contributed by atoms with Crippen LogP contribution in [0.25, 0.3) is 0 Å². The van der Waals surface area contributed by atoms with Gasteiger partial charge in [0.25, 0.3) is 0 Å². The van der Waals surface area contributed by atoms with Gasteiger partial charge in [-0.05, 0) is 55.8 Å². The van der Waals surface area contributed by atoms with Gasteiger partial charge in [-0.2, -0.15) is 0 Å². The Kier molecular flexibility index (Phi) is 6.79. The summed E-state index contributed by atoms with van der Waals surface area (Å²) in [4.78, 5) is 12.5. The molecule has 0 unspecified atom stereocenters. The fourth-order valence-corrected chi connectivity index (χ4v) is 3.82. The Morgan fingerprint density at radius 1 is 1.22 bits per heavy atom. The summed E-state index contributed by atoms with van der Waals surface area (Å²) in [6, 6.07) is 11.2. The summed E-state index contributed by atoms with van der Waals surface area (Å²) >= 11 is 0. The predicted molar refractivity (Wildman–Crippen MR) is 103 cm³/mol. The van der Waals surface area contributed by atoms with Gasteiger partial charge < -0.3 is 10.1 Å². The molecule has 0 bridgehead atoms. The van der Waals surface area contributed by atoms with Gasteiger partial charge in [-0.3, -0.25) is 9.10 Å². The molecule has 0 radical (unpaired) electrons. The number of amides is 1. The lowest BCUT2D eigenvalue weighted by Crippen LogP contribution is -2.47. The van der Waals surface area contributed by atoms with E-state index in [4.69, 9.17) is 4.74 Å². The van der Waals surface area contributed by atoms with Gasteiger partial charge in [0.15, 0.2) is 0 Å². The van der Waals surface area contributed by atoms with Gasteiger partial charge in [-0.15, -0.1) is 0 Å². The van der Waals surface area contributed by atoms with E-state index in [0.717, 1.165) is 28.3 Å². The van der Waals surface area contributed by atoms with Crippen molar-refractivity contribution in [1.29, 1.82) is 0 Å². The fraction of sp³-hybridized carbons (Fsp3) is 0.316. The Morgan fingerprint density at radius 3 is 2.48 bits per heavy atom. The molecular weight excluding hydrogens is 371 g/mol. The maximum absolute atomic E-state index is 13.1. The first kappa shape index (κ1) is 20.7. The first-order valence-electron chi connectivity index (χ1n) is 8.46. The van der Waals surface area contributed by atoms with Crippen LogP contribution in [0.3, 0.4) is 0 Å². The highest BCUT2D eigenvalue weighted by molar-refractivity contribution is 7.92. The molecule has 0 spiro atoms. The van der Waals surface area contributed by atoms with Crippen LogP contribution in [0, 0.1) is 5.82 Å². The van der Waals surface area contributed by atoms with Crippen LogP contribution in [0.4, 0.5) is 10.1 Å². The van der Waals surface area contributed by atoms with Gasteiger partial charge in [0.2, 0.25) is 15.9 Å². The highest BCUT2D eigenvalue weighted by atomic mass is 32.2. The SMILES string of the molecule is CCOc1cccc(CNC(=O)[C@H](C)N(c2ccc(F)cc2)S(C)(=O)=O)c1. The topological polar surface area (TPSA) is 75.7 Å². The van der Waals surface area contributed by atoms with Gasteiger partial charge in [0.05, 0.1) is 18.6 Å². The van der Waals surface area contributed by atoms with Gasteiger partial charge in [-0.1, -0.05) is 12.1 Å². The Labute approximate surface area is 159 Å². The molecule has 1 amide bonds. The molecule has 6 nitrogen and oxygen atoms in total. The van der Waals surface area contributed by atoms with Crippen LogP contribution in [-0.4, -0.2) is 33.2 Å². The summed E-state index contributed by atoms with van der Waals surface area (Å²) in [6.45, 7) is 4.13. The van der Waals surface area contributed by atoms with Crippen molar-refractivity contribution >= 4 is 21.6 Å². The molecule has 2 aromatic carbocycles. The van der Waals surface area contributed by atoms with Gasteiger partial charge in [0, 0.05) is 6.54 Å². The smallest absolute Gasteiger partial charge is 0.243 e. The molecular formula is C19H23FN2O4S. The summed E-state index contributed by atoms with van der Waals surface area (Å²) < 4.78 is 43.9. The first-order valence-corrected chi connectivity index (χ1v) is 10.3. The number of carbonyl (C=O) groups excluding carboxylic acids is 1. The lowest BCUT2D eigenvalue weighted by molar-refractivity contribution is -0.122. The number of hydrogen-bond donors (Lipinski definition) is 1. The Bertz CT molecular complexity index is 885. The second kappa shape index (κ2) is 8.85. The van der Waals surface area contributed by atoms with Crippen molar-refractivity contribution in [1.82, 2.24) is 5.32 Å². The monoisotopic (exact) mass is 394 g/mol. The molecule has 0 saturated carbocycles. The van der Waals surface area contributed by atoms with E-state index in [1.54, 1.807) is 0 Å². The van der Waals surface area contributed by atoms with Crippen LogP contribution in [0.15, 0.2) is 48.5 Å². The van der Waals surface area contributed by atoms with E-state index in [1.165, 1.54) is 19.1 Å². The summed E-state index contributed by atoms with van der Waals surface area (Å²) in [6.07, 6.45) is 1.01. The van der Waals surface area contributed by atoms with E-state index in [0.29, 0.717) is 12.4 Å². The lowest BCUT2D eigenvalue weighted by atomic mass is 10.2. The molecule has 2 rings (SSSR count). The van der Waals surface area contributed by atoms with E-state index in [2.05, 4.69) is 5.32 Å². The lowest BCUT2D eigenvalue weighted by Gasteiger charge is -2.28. The number of sulfonamides is 1. The third kappa shape index (κ3) is 5.68. The number of carbonyl (C=O) groups is 1. The second-order valence-corrected chi connectivity index (χ2v) is 7.87. The molecule has 8 heteroatoms. The van der Waals surface area contributed by atoms with Crippen molar-refractivity contribution in [2.24, 2.45) is 0 Å². The van der Waals surface area contributed by atoms with E-state index in [-0.39, 0.29) is 12.2 Å². The minimum Gasteiger partial charge on any atom is -0.494 e. The Morgan fingerprint density at radius 2 is 1.89 bits per heavy atom. The molecule has 0 heterocycles. The Hall–Kier alpha value is -2.61. The number of nitrogens with one attached hydrogen (secondary N) is 1. The van der Waals surface area contributed by atoms with Gasteiger partial charge >= 0.3 is 0 Å². The summed E-state index contributed by atoms with van der Waals surface area (Å²) in [7, 11) is -3.74. The zero-order valence-corrected chi connectivity index (χ0v) is 16.3. The van der Waals surface area contributed by atoms with Crippen LogP contribution < -0.4 is 14.4 Å². The third-order valence-corrected chi connectivity index (χ3v) is 5.09. The predicted octanol–water partition coefficient (Wildman–Crippen LogP) is 2.70. The van der Waals surface area contributed by atoms with Crippen LogP contribution in [0.1, 0.15) is 19.4 Å². The second-order valence-electron chi connectivity index (χ2n) is 6.01. The van der Waals surface area contributed by atoms with Crippen molar-refractivity contribution in [3.8, 4) is 5.75 Å². The molecule has 0 aliphatic heterocycles. The largest absolute Gasteiger partial charge is 0.494 e. The standard InChI is InChI=1S/C19H23FN2O4S/c1-4-26-18-7-5-6-15(12-18)13-21-19(23)14(2)22(27(3,24)25)17-10-8-16(20)9-11-17/h5-12,14H,4,13H2,1-3H3,(H,21,23)/t14-/m0/s1. The first-order chi connectivity index (χ1) is 12.7. The van der Waals surface area contributed by atoms with Crippen molar-refractivity contribution < 1.29 is 22.3 Å². The molecule has 2 aromatic rings. The summed E-state index contributed by atoms with van der Waals surface area (Å²) in [5, 5.41) is 2.73. The number of hydrogen-bond acceptors (Lipinski definition) is 4. The third-order valence-electron chi connectivity index (χ3n) is 3.85. The quantitative estimate of drug-likeness (QED) is 0.747. The summed E-state index contributed by atoms with van der Waals surface area (Å²) in [5.41, 5.74) is 1.05. The minimum atomic E-state index is -3.74. The van der Waals surface area contributed by atoms with E-state index >= 15 is 0 Å². The molecule has 1 atom stereocenters. The Balaban J connectivity index is 2.13. The number of ether oxygens (including phenoxy) is 1. The number of anilines is 1. The van der Waals surface area contributed by atoms with Crippen LogP contribution in [0.2, 0.25) is 0 Å². The number of rotatable bonds is 8. The van der Waals surface area contributed by atoms with Crippen molar-refractivity contribution in [3.63, 3.8) is 0 Å². The minimum absolute atomic E-state index is 0.222. The van der Waals surface area contributed by atoms with Crippen LogP contribution in [0.5, 0.6) is 5.75 Å². The van der Waals surface area contributed by atoms with E-state index in [1.807, 2.05) is 31.2 Å². The zero-order valence-electron chi connectivity index (χ0n) is 15.5. The molecule has 0 aliphatic rings. The zero-order chi connectivity index (χ0) is 20.0. The van der Waals surface area contributed by atoms with Crippen molar-refractivity contribution in [2.45, 2.75) is 26.4 Å².